The van der Waals surface area contributed by atoms with Crippen molar-refractivity contribution in [3.8, 4) is 0 Å². The van der Waals surface area contributed by atoms with Crippen LogP contribution in [0.15, 0.2) is 0 Å². The lowest BCUT2D eigenvalue weighted by Crippen LogP contribution is -2.15. The average Bonchev–Trinajstić information content (AvgIpc) is 2.32. The second kappa shape index (κ2) is 5.61. The first kappa shape index (κ1) is 14.8. The summed E-state index contributed by atoms with van der Waals surface area (Å²) in [6, 6.07) is 0. The number of alkyl halides is 1. The number of carbonyl (C=O) groups excluding carboxylic acids is 1. The molecule has 0 N–H and O–H groups in total. The zero-order valence-corrected chi connectivity index (χ0v) is 12.6. The van der Waals surface area contributed by atoms with Crippen molar-refractivity contribution < 1.29 is 9.72 Å². The van der Waals surface area contributed by atoms with Gasteiger partial charge in [-0.05, 0) is 49.9 Å². The molecule has 0 amide bonds. The number of nitro groups is 1. The van der Waals surface area contributed by atoms with Crippen LogP contribution in [0.5, 0.6) is 0 Å². The number of benzene rings is 1. The smallest absolute Gasteiger partial charge is 0.229 e. The summed E-state index contributed by atoms with van der Waals surface area (Å²) in [4.78, 5) is 22.4. The monoisotopic (exact) mass is 313 g/mol. The second-order valence-corrected chi connectivity index (χ2v) is 4.96. The summed E-state index contributed by atoms with van der Waals surface area (Å²) < 4.78 is 0. The van der Waals surface area contributed by atoms with Gasteiger partial charge in [-0.3, -0.25) is 14.9 Å². The summed E-state index contributed by atoms with van der Waals surface area (Å²) in [5.41, 5.74) is 4.80. The van der Waals surface area contributed by atoms with Crippen LogP contribution in [0.3, 0.4) is 0 Å². The van der Waals surface area contributed by atoms with E-state index >= 15 is 0 Å². The summed E-state index contributed by atoms with van der Waals surface area (Å²) in [6.45, 7) is 7.26. The molecule has 0 atom stereocenters. The van der Waals surface area contributed by atoms with Crippen LogP contribution in [0.25, 0.3) is 0 Å². The minimum absolute atomic E-state index is 0.101. The highest BCUT2D eigenvalue weighted by Crippen LogP contribution is 2.28. The minimum Gasteiger partial charge on any atom is -0.293 e. The summed E-state index contributed by atoms with van der Waals surface area (Å²) in [5.74, 6) is -0.101. The summed E-state index contributed by atoms with van der Waals surface area (Å²) in [5, 5.41) is 11.0. The number of Topliss-reactive ketones (excluding diaryl/α,β-unsaturated/α-hetero) is 1. The highest BCUT2D eigenvalue weighted by Gasteiger charge is 2.22. The maximum Gasteiger partial charge on any atom is 0.229 e. The Morgan fingerprint density at radius 1 is 1.11 bits per heavy atom. The summed E-state index contributed by atoms with van der Waals surface area (Å²) in [7, 11) is 0. The molecule has 0 heterocycles. The van der Waals surface area contributed by atoms with E-state index in [4.69, 9.17) is 0 Å². The standard InChI is InChI=1S/C13H16BrNO3/c1-7-8(2)10(4)13(12(16)5-14)11(9(7)3)6-15(17)18/h5-6H2,1-4H3. The van der Waals surface area contributed by atoms with Gasteiger partial charge in [0.05, 0.1) is 5.33 Å². The molecule has 1 rings (SSSR count). The van der Waals surface area contributed by atoms with Crippen LogP contribution in [0.1, 0.15) is 38.2 Å². The molecule has 0 aliphatic heterocycles. The van der Waals surface area contributed by atoms with Gasteiger partial charge in [-0.1, -0.05) is 15.9 Å². The molecular weight excluding hydrogens is 298 g/mol. The predicted octanol–water partition coefficient (Wildman–Crippen LogP) is 3.27. The van der Waals surface area contributed by atoms with Crippen molar-refractivity contribution in [3.63, 3.8) is 0 Å². The molecular formula is C13H16BrNO3. The Morgan fingerprint density at radius 2 is 1.61 bits per heavy atom. The number of halogens is 1. The number of hydrogen-bond acceptors (Lipinski definition) is 3. The lowest BCUT2D eigenvalue weighted by atomic mass is 9.87. The van der Waals surface area contributed by atoms with Crippen molar-refractivity contribution in [2.45, 2.75) is 34.2 Å². The van der Waals surface area contributed by atoms with E-state index in [1.54, 1.807) is 0 Å². The maximum absolute atomic E-state index is 12.0. The maximum atomic E-state index is 12.0. The molecule has 0 saturated carbocycles. The highest BCUT2D eigenvalue weighted by molar-refractivity contribution is 9.09. The van der Waals surface area contributed by atoms with Crippen LogP contribution < -0.4 is 0 Å². The number of hydrogen-bond donors (Lipinski definition) is 0. The minimum atomic E-state index is -0.387. The normalized spacial score (nSPS) is 10.5. The molecule has 0 radical (unpaired) electrons. The molecule has 1 aromatic carbocycles. The van der Waals surface area contributed by atoms with Crippen molar-refractivity contribution in [2.75, 3.05) is 5.33 Å². The van der Waals surface area contributed by atoms with Crippen LogP contribution in [-0.4, -0.2) is 16.0 Å². The first-order valence-corrected chi connectivity index (χ1v) is 6.73. The highest BCUT2D eigenvalue weighted by atomic mass is 79.9. The third-order valence-corrected chi connectivity index (χ3v) is 4.01. The Labute approximate surface area is 115 Å². The Balaban J connectivity index is 3.63. The third-order valence-electron chi connectivity index (χ3n) is 3.50. The predicted molar refractivity (Wildman–Crippen MR) is 74.2 cm³/mol. The van der Waals surface area contributed by atoms with Crippen molar-refractivity contribution in [2.24, 2.45) is 0 Å². The molecule has 4 nitrogen and oxygen atoms in total. The van der Waals surface area contributed by atoms with Crippen molar-refractivity contribution in [1.29, 1.82) is 0 Å². The molecule has 0 bridgehead atoms. The van der Waals surface area contributed by atoms with Crippen LogP contribution in [0.4, 0.5) is 0 Å². The van der Waals surface area contributed by atoms with Gasteiger partial charge in [0.1, 0.15) is 0 Å². The van der Waals surface area contributed by atoms with Crippen molar-refractivity contribution >= 4 is 21.7 Å². The van der Waals surface area contributed by atoms with E-state index in [-0.39, 0.29) is 22.6 Å². The molecule has 0 saturated heterocycles. The third kappa shape index (κ3) is 2.61. The molecule has 18 heavy (non-hydrogen) atoms. The van der Waals surface area contributed by atoms with Gasteiger partial charge in [0.25, 0.3) is 0 Å². The summed E-state index contributed by atoms with van der Waals surface area (Å²) in [6.07, 6.45) is 0. The van der Waals surface area contributed by atoms with E-state index in [2.05, 4.69) is 15.9 Å². The Morgan fingerprint density at radius 3 is 2.06 bits per heavy atom. The first-order valence-electron chi connectivity index (χ1n) is 5.61. The van der Waals surface area contributed by atoms with Gasteiger partial charge in [0.2, 0.25) is 6.54 Å². The molecule has 0 fully saturated rings. The van der Waals surface area contributed by atoms with E-state index in [0.29, 0.717) is 11.1 Å². The molecule has 0 aliphatic carbocycles. The zero-order valence-electron chi connectivity index (χ0n) is 11.0. The van der Waals surface area contributed by atoms with Crippen LogP contribution in [0.2, 0.25) is 0 Å². The van der Waals surface area contributed by atoms with Crippen molar-refractivity contribution in [1.82, 2.24) is 0 Å². The van der Waals surface area contributed by atoms with Gasteiger partial charge in [0, 0.05) is 16.1 Å². The van der Waals surface area contributed by atoms with Gasteiger partial charge in [0.15, 0.2) is 5.78 Å². The number of carbonyl (C=O) groups is 1. The molecule has 1 aromatic rings. The molecule has 0 aromatic heterocycles. The largest absolute Gasteiger partial charge is 0.293 e. The molecule has 0 aliphatic rings. The lowest BCUT2D eigenvalue weighted by Gasteiger charge is -2.17. The fraction of sp³-hybridized carbons (Fsp3) is 0.462. The summed E-state index contributed by atoms with van der Waals surface area (Å²) >= 11 is 3.13. The van der Waals surface area contributed by atoms with Gasteiger partial charge in [-0.15, -0.1) is 0 Å². The van der Waals surface area contributed by atoms with E-state index in [0.717, 1.165) is 22.3 Å². The van der Waals surface area contributed by atoms with Crippen LogP contribution in [0, 0.1) is 37.8 Å². The van der Waals surface area contributed by atoms with E-state index < -0.39 is 0 Å². The van der Waals surface area contributed by atoms with Crippen LogP contribution >= 0.6 is 15.9 Å². The Bertz CT molecular complexity index is 524. The van der Waals surface area contributed by atoms with Gasteiger partial charge < -0.3 is 0 Å². The number of ketones is 1. The van der Waals surface area contributed by atoms with Gasteiger partial charge in [-0.25, -0.2) is 0 Å². The molecule has 98 valence electrons. The fourth-order valence-corrected chi connectivity index (χ4v) is 2.44. The average molecular weight is 314 g/mol. The van der Waals surface area contributed by atoms with Crippen LogP contribution in [-0.2, 0) is 6.54 Å². The molecule has 0 unspecified atom stereocenters. The van der Waals surface area contributed by atoms with E-state index in [1.165, 1.54) is 0 Å². The SMILES string of the molecule is Cc1c(C)c(C)c(C(=O)CBr)c(C[N+](=O)[O-])c1C. The van der Waals surface area contributed by atoms with Gasteiger partial charge in [-0.2, -0.15) is 0 Å². The molecule has 0 spiro atoms. The van der Waals surface area contributed by atoms with Gasteiger partial charge >= 0.3 is 0 Å². The Kier molecular flexibility index (Phi) is 4.62. The zero-order chi connectivity index (χ0) is 14.0. The number of rotatable bonds is 4. The first-order chi connectivity index (χ1) is 8.31. The van der Waals surface area contributed by atoms with E-state index in [1.807, 2.05) is 27.7 Å². The fourth-order valence-electron chi connectivity index (χ4n) is 2.16. The molecule has 5 heteroatoms. The second-order valence-electron chi connectivity index (χ2n) is 4.40. The van der Waals surface area contributed by atoms with E-state index in [9.17, 15) is 14.9 Å². The Hall–Kier alpha value is -1.23. The number of nitrogens with zero attached hydrogens (tertiary/aromatic N) is 1. The quantitative estimate of drug-likeness (QED) is 0.371. The topological polar surface area (TPSA) is 60.2 Å². The lowest BCUT2D eigenvalue weighted by molar-refractivity contribution is -0.496. The van der Waals surface area contributed by atoms with Crippen molar-refractivity contribution in [3.05, 3.63) is 43.5 Å².